The van der Waals surface area contributed by atoms with Crippen molar-refractivity contribution in [3.8, 4) is 5.75 Å². The van der Waals surface area contributed by atoms with Crippen molar-refractivity contribution in [2.45, 2.75) is 6.61 Å². The molecule has 3 aromatic rings. The van der Waals surface area contributed by atoms with Crippen LogP contribution in [0.3, 0.4) is 0 Å². The number of H-pyrrole nitrogens is 1. The summed E-state index contributed by atoms with van der Waals surface area (Å²) in [6, 6.07) is 13.6. The van der Waals surface area contributed by atoms with Gasteiger partial charge >= 0.3 is 0 Å². The Morgan fingerprint density at radius 2 is 2.12 bits per heavy atom. The summed E-state index contributed by atoms with van der Waals surface area (Å²) < 4.78 is 19.2. The van der Waals surface area contributed by atoms with Crippen molar-refractivity contribution in [3.05, 3.63) is 87.0 Å². The lowest BCUT2D eigenvalue weighted by Gasteiger charge is -2.07. The van der Waals surface area contributed by atoms with E-state index in [1.165, 1.54) is 18.5 Å². The zero-order valence-electron chi connectivity index (χ0n) is 13.4. The minimum Gasteiger partial charge on any atom is -0.489 e. The van der Waals surface area contributed by atoms with E-state index in [-0.39, 0.29) is 17.4 Å². The average molecular weight is 373 g/mol. The number of hydrogen-bond donors (Lipinski definition) is 2. The number of hydrazone groups is 1. The normalized spacial score (nSPS) is 10.8. The largest absolute Gasteiger partial charge is 0.489 e. The first-order chi connectivity index (χ1) is 12.6. The molecule has 0 aliphatic rings. The maximum atomic E-state index is 13.6. The fourth-order valence-corrected chi connectivity index (χ4v) is 2.23. The summed E-state index contributed by atoms with van der Waals surface area (Å²) in [6.45, 7) is 0.125. The van der Waals surface area contributed by atoms with Crippen LogP contribution in [0, 0.1) is 5.82 Å². The third kappa shape index (κ3) is 4.46. The van der Waals surface area contributed by atoms with Crippen LogP contribution in [0.4, 0.5) is 10.1 Å². The summed E-state index contributed by atoms with van der Waals surface area (Å²) in [5.74, 6) is 0.269. The van der Waals surface area contributed by atoms with Gasteiger partial charge in [-0.3, -0.25) is 10.2 Å². The van der Waals surface area contributed by atoms with Crippen LogP contribution in [0.25, 0.3) is 0 Å². The van der Waals surface area contributed by atoms with Gasteiger partial charge in [0, 0.05) is 5.56 Å². The molecular weight excluding hydrogens is 359 g/mol. The fourth-order valence-electron chi connectivity index (χ4n) is 2.10. The van der Waals surface area contributed by atoms with Gasteiger partial charge in [0.1, 0.15) is 28.9 Å². The summed E-state index contributed by atoms with van der Waals surface area (Å²) >= 11 is 5.84. The standard InChI is InChI=1S/C18H14ClFN4O2/c19-17-16(10-22-24-18(17)25)23-21-9-12-4-3-6-14(8-12)26-11-13-5-1-2-7-15(13)20/h1-10H,11H2,(H2,23,24,25)/b21-9+. The molecule has 1 heterocycles. The Morgan fingerprint density at radius 1 is 1.27 bits per heavy atom. The number of benzene rings is 2. The Hall–Kier alpha value is -3.19. The van der Waals surface area contributed by atoms with Crippen molar-refractivity contribution in [1.29, 1.82) is 0 Å². The lowest BCUT2D eigenvalue weighted by atomic mass is 10.2. The maximum absolute atomic E-state index is 13.6. The highest BCUT2D eigenvalue weighted by Gasteiger charge is 2.04. The molecule has 0 saturated heterocycles. The maximum Gasteiger partial charge on any atom is 0.285 e. The van der Waals surface area contributed by atoms with Gasteiger partial charge in [-0.05, 0) is 23.8 Å². The summed E-state index contributed by atoms with van der Waals surface area (Å²) in [5.41, 5.74) is 3.66. The zero-order valence-corrected chi connectivity index (χ0v) is 14.2. The minimum absolute atomic E-state index is 0.0286. The van der Waals surface area contributed by atoms with Crippen molar-refractivity contribution in [3.63, 3.8) is 0 Å². The molecule has 6 nitrogen and oxygen atoms in total. The molecule has 0 aliphatic carbocycles. The van der Waals surface area contributed by atoms with Gasteiger partial charge in [0.05, 0.1) is 12.4 Å². The second-order valence-corrected chi connectivity index (χ2v) is 5.63. The first-order valence-corrected chi connectivity index (χ1v) is 8.00. The Bertz CT molecular complexity index is 991. The monoisotopic (exact) mass is 372 g/mol. The quantitative estimate of drug-likeness (QED) is 0.512. The van der Waals surface area contributed by atoms with Crippen LogP contribution in [0.5, 0.6) is 5.75 Å². The molecule has 3 rings (SSSR count). The number of nitrogens with zero attached hydrogens (tertiary/aromatic N) is 2. The number of nitrogens with one attached hydrogen (secondary N) is 2. The Balaban J connectivity index is 1.64. The van der Waals surface area contributed by atoms with E-state index in [9.17, 15) is 9.18 Å². The number of halogens is 2. The third-order valence-electron chi connectivity index (χ3n) is 3.40. The van der Waals surface area contributed by atoms with Gasteiger partial charge in [0.25, 0.3) is 5.56 Å². The van der Waals surface area contributed by atoms with Gasteiger partial charge in [-0.25, -0.2) is 9.49 Å². The molecule has 0 aliphatic heterocycles. The van der Waals surface area contributed by atoms with Gasteiger partial charge in [-0.15, -0.1) is 0 Å². The average Bonchev–Trinajstić information content (AvgIpc) is 2.65. The predicted octanol–water partition coefficient (Wildman–Crippen LogP) is 3.59. The van der Waals surface area contributed by atoms with E-state index in [0.717, 1.165) is 5.56 Å². The molecule has 2 N–H and O–H groups in total. The summed E-state index contributed by atoms with van der Waals surface area (Å²) in [4.78, 5) is 11.3. The van der Waals surface area contributed by atoms with Crippen molar-refractivity contribution in [2.75, 3.05) is 5.43 Å². The first-order valence-electron chi connectivity index (χ1n) is 7.62. The predicted molar refractivity (Wildman–Crippen MR) is 98.3 cm³/mol. The van der Waals surface area contributed by atoms with Gasteiger partial charge in [-0.2, -0.15) is 10.2 Å². The zero-order chi connectivity index (χ0) is 18.4. The molecule has 0 spiro atoms. The summed E-state index contributed by atoms with van der Waals surface area (Å²) in [7, 11) is 0. The molecule has 1 aromatic heterocycles. The molecule has 0 atom stereocenters. The topological polar surface area (TPSA) is 79.4 Å². The lowest BCUT2D eigenvalue weighted by Crippen LogP contribution is -2.10. The van der Waals surface area contributed by atoms with E-state index in [1.807, 2.05) is 6.07 Å². The molecule has 132 valence electrons. The van der Waals surface area contributed by atoms with E-state index in [2.05, 4.69) is 20.7 Å². The highest BCUT2D eigenvalue weighted by atomic mass is 35.5. The second kappa shape index (κ2) is 8.26. The van der Waals surface area contributed by atoms with E-state index in [1.54, 1.807) is 36.4 Å². The van der Waals surface area contributed by atoms with Crippen molar-refractivity contribution in [1.82, 2.24) is 10.2 Å². The first kappa shape index (κ1) is 17.6. The Labute approximate surface area is 153 Å². The van der Waals surface area contributed by atoms with E-state index in [4.69, 9.17) is 16.3 Å². The van der Waals surface area contributed by atoms with E-state index in [0.29, 0.717) is 17.0 Å². The van der Waals surface area contributed by atoms with Crippen LogP contribution in [0.1, 0.15) is 11.1 Å². The molecule has 0 amide bonds. The molecule has 0 saturated carbocycles. The summed E-state index contributed by atoms with van der Waals surface area (Å²) in [6.07, 6.45) is 2.89. The number of hydrogen-bond acceptors (Lipinski definition) is 5. The highest BCUT2D eigenvalue weighted by molar-refractivity contribution is 6.32. The second-order valence-electron chi connectivity index (χ2n) is 5.25. The molecule has 0 unspecified atom stereocenters. The highest BCUT2D eigenvalue weighted by Crippen LogP contribution is 2.16. The van der Waals surface area contributed by atoms with Gasteiger partial charge in [0.15, 0.2) is 0 Å². The van der Waals surface area contributed by atoms with Crippen LogP contribution in [-0.4, -0.2) is 16.4 Å². The Morgan fingerprint density at radius 3 is 2.96 bits per heavy atom. The number of aromatic nitrogens is 2. The number of anilines is 1. The van der Waals surface area contributed by atoms with E-state index < -0.39 is 5.56 Å². The molecule has 26 heavy (non-hydrogen) atoms. The lowest BCUT2D eigenvalue weighted by molar-refractivity contribution is 0.300. The van der Waals surface area contributed by atoms with Crippen molar-refractivity contribution in [2.24, 2.45) is 5.10 Å². The van der Waals surface area contributed by atoms with Crippen LogP contribution < -0.4 is 15.7 Å². The molecule has 0 bridgehead atoms. The smallest absolute Gasteiger partial charge is 0.285 e. The van der Waals surface area contributed by atoms with Crippen LogP contribution in [0.2, 0.25) is 5.02 Å². The number of ether oxygens (including phenoxy) is 1. The Kier molecular flexibility index (Phi) is 5.60. The molecule has 8 heteroatoms. The van der Waals surface area contributed by atoms with Gasteiger partial charge in [0.2, 0.25) is 0 Å². The van der Waals surface area contributed by atoms with Crippen molar-refractivity contribution < 1.29 is 9.13 Å². The van der Waals surface area contributed by atoms with Crippen LogP contribution in [-0.2, 0) is 6.61 Å². The van der Waals surface area contributed by atoms with Crippen LogP contribution >= 0.6 is 11.6 Å². The van der Waals surface area contributed by atoms with Gasteiger partial charge in [-0.1, -0.05) is 41.9 Å². The van der Waals surface area contributed by atoms with E-state index >= 15 is 0 Å². The number of aromatic amines is 1. The van der Waals surface area contributed by atoms with Crippen molar-refractivity contribution >= 4 is 23.5 Å². The van der Waals surface area contributed by atoms with Crippen LogP contribution in [0.15, 0.2) is 64.6 Å². The molecule has 0 radical (unpaired) electrons. The summed E-state index contributed by atoms with van der Waals surface area (Å²) in [5, 5.41) is 9.84. The number of rotatable bonds is 6. The van der Waals surface area contributed by atoms with Gasteiger partial charge < -0.3 is 4.74 Å². The molecular formula is C18H14ClFN4O2. The molecule has 2 aromatic carbocycles. The minimum atomic E-state index is -0.504. The third-order valence-corrected chi connectivity index (χ3v) is 3.78. The SMILES string of the molecule is O=c1[nH]ncc(N/N=C/c2cccc(OCc3ccccc3F)c2)c1Cl. The fraction of sp³-hybridized carbons (Fsp3) is 0.0556. The molecule has 0 fully saturated rings.